The summed E-state index contributed by atoms with van der Waals surface area (Å²) in [6.45, 7) is 3.72. The summed E-state index contributed by atoms with van der Waals surface area (Å²) in [7, 11) is 0. The number of phenols is 1. The molecule has 0 saturated heterocycles. The number of urea groups is 1. The molecule has 0 unspecified atom stereocenters. The van der Waals surface area contributed by atoms with Crippen molar-refractivity contribution in [1.29, 1.82) is 0 Å². The van der Waals surface area contributed by atoms with Crippen LogP contribution in [0.4, 0.5) is 10.5 Å². The SMILES string of the molecule is C/C(=N\NC(=O)Nc1ccccc1)c1sc(-c2ccc(O)cc2)nc1C. The molecule has 0 aliphatic rings. The largest absolute Gasteiger partial charge is 0.508 e. The van der Waals surface area contributed by atoms with Crippen LogP contribution in [-0.4, -0.2) is 21.8 Å². The Labute approximate surface area is 155 Å². The van der Waals surface area contributed by atoms with E-state index in [0.717, 1.165) is 21.1 Å². The van der Waals surface area contributed by atoms with E-state index in [1.165, 1.54) is 11.3 Å². The van der Waals surface area contributed by atoms with Gasteiger partial charge in [-0.3, -0.25) is 0 Å². The van der Waals surface area contributed by atoms with Crippen LogP contribution in [0.2, 0.25) is 0 Å². The van der Waals surface area contributed by atoms with Gasteiger partial charge in [0.05, 0.1) is 16.3 Å². The molecular weight excluding hydrogens is 348 g/mol. The molecule has 132 valence electrons. The number of thiazole rings is 1. The third kappa shape index (κ3) is 4.25. The average Bonchev–Trinajstić information content (AvgIpc) is 3.03. The number of aromatic nitrogens is 1. The third-order valence-corrected chi connectivity index (χ3v) is 4.91. The van der Waals surface area contributed by atoms with Gasteiger partial charge in [0, 0.05) is 11.3 Å². The maximum Gasteiger partial charge on any atom is 0.339 e. The monoisotopic (exact) mass is 366 g/mol. The van der Waals surface area contributed by atoms with Gasteiger partial charge < -0.3 is 10.4 Å². The van der Waals surface area contributed by atoms with E-state index in [2.05, 4.69) is 20.8 Å². The number of hydrogen-bond donors (Lipinski definition) is 3. The van der Waals surface area contributed by atoms with Crippen LogP contribution in [0, 0.1) is 6.92 Å². The lowest BCUT2D eigenvalue weighted by atomic mass is 10.2. The number of hydrogen-bond acceptors (Lipinski definition) is 5. The minimum absolute atomic E-state index is 0.216. The van der Waals surface area contributed by atoms with Gasteiger partial charge in [-0.05, 0) is 50.2 Å². The molecule has 3 N–H and O–H groups in total. The highest BCUT2D eigenvalue weighted by atomic mass is 32.1. The third-order valence-electron chi connectivity index (χ3n) is 3.60. The van der Waals surface area contributed by atoms with E-state index in [9.17, 15) is 9.90 Å². The van der Waals surface area contributed by atoms with Crippen molar-refractivity contribution in [1.82, 2.24) is 10.4 Å². The predicted molar refractivity (Wildman–Crippen MR) is 105 cm³/mol. The molecule has 2 amide bonds. The van der Waals surface area contributed by atoms with Crippen LogP contribution in [0.25, 0.3) is 10.6 Å². The fourth-order valence-corrected chi connectivity index (χ4v) is 3.34. The summed E-state index contributed by atoms with van der Waals surface area (Å²) in [5, 5.41) is 17.1. The molecule has 0 atom stereocenters. The maximum absolute atomic E-state index is 11.9. The molecule has 26 heavy (non-hydrogen) atoms. The van der Waals surface area contributed by atoms with Gasteiger partial charge in [0.1, 0.15) is 10.8 Å². The lowest BCUT2D eigenvalue weighted by Crippen LogP contribution is -2.25. The van der Waals surface area contributed by atoms with Crippen LogP contribution in [0.5, 0.6) is 5.75 Å². The quantitative estimate of drug-likeness (QED) is 0.473. The predicted octanol–water partition coefficient (Wildman–Crippen LogP) is 4.37. The number of nitrogens with one attached hydrogen (secondary N) is 2. The number of anilines is 1. The Kier molecular flexibility index (Phi) is 5.28. The Morgan fingerprint density at radius 1 is 1.12 bits per heavy atom. The van der Waals surface area contributed by atoms with Gasteiger partial charge in [-0.25, -0.2) is 15.2 Å². The molecule has 6 nitrogen and oxygen atoms in total. The molecule has 3 aromatic rings. The van der Waals surface area contributed by atoms with Crippen LogP contribution in [0.1, 0.15) is 17.5 Å². The van der Waals surface area contributed by atoms with Crippen LogP contribution in [-0.2, 0) is 0 Å². The second-order valence-electron chi connectivity index (χ2n) is 5.61. The Morgan fingerprint density at radius 2 is 1.81 bits per heavy atom. The molecule has 0 fully saturated rings. The maximum atomic E-state index is 11.9. The number of aryl methyl sites for hydroxylation is 1. The van der Waals surface area contributed by atoms with E-state index in [1.807, 2.05) is 44.2 Å². The van der Waals surface area contributed by atoms with Gasteiger partial charge in [-0.15, -0.1) is 11.3 Å². The lowest BCUT2D eigenvalue weighted by Gasteiger charge is -2.04. The molecule has 0 bridgehead atoms. The van der Waals surface area contributed by atoms with Crippen molar-refractivity contribution in [3.63, 3.8) is 0 Å². The van der Waals surface area contributed by atoms with Crippen LogP contribution >= 0.6 is 11.3 Å². The number of para-hydroxylation sites is 1. The Balaban J connectivity index is 1.71. The highest BCUT2D eigenvalue weighted by Crippen LogP contribution is 2.29. The van der Waals surface area contributed by atoms with Gasteiger partial charge >= 0.3 is 6.03 Å². The Bertz CT molecular complexity index is 934. The lowest BCUT2D eigenvalue weighted by molar-refractivity contribution is 0.252. The minimum Gasteiger partial charge on any atom is -0.508 e. The van der Waals surface area contributed by atoms with Crippen molar-refractivity contribution < 1.29 is 9.90 Å². The van der Waals surface area contributed by atoms with Crippen molar-refractivity contribution in [2.75, 3.05) is 5.32 Å². The fraction of sp³-hybridized carbons (Fsp3) is 0.105. The molecule has 1 aromatic heterocycles. The number of carbonyl (C=O) groups is 1. The Hall–Kier alpha value is -3.19. The van der Waals surface area contributed by atoms with Gasteiger partial charge in [-0.2, -0.15) is 5.10 Å². The summed E-state index contributed by atoms with van der Waals surface area (Å²) in [6.07, 6.45) is 0. The number of carbonyl (C=O) groups excluding carboxylic acids is 1. The number of amides is 2. The number of benzene rings is 2. The average molecular weight is 366 g/mol. The molecule has 0 radical (unpaired) electrons. The van der Waals surface area contributed by atoms with Gasteiger partial charge in [-0.1, -0.05) is 18.2 Å². The van der Waals surface area contributed by atoms with E-state index in [4.69, 9.17) is 0 Å². The highest BCUT2D eigenvalue weighted by molar-refractivity contribution is 7.17. The normalized spacial score (nSPS) is 11.2. The topological polar surface area (TPSA) is 86.6 Å². The summed E-state index contributed by atoms with van der Waals surface area (Å²) in [6, 6.07) is 15.6. The Morgan fingerprint density at radius 3 is 2.50 bits per heavy atom. The first-order chi connectivity index (χ1) is 12.5. The summed E-state index contributed by atoms with van der Waals surface area (Å²) >= 11 is 1.49. The second kappa shape index (κ2) is 7.79. The van der Waals surface area contributed by atoms with Crippen molar-refractivity contribution >= 4 is 28.8 Å². The molecule has 7 heteroatoms. The zero-order valence-electron chi connectivity index (χ0n) is 14.4. The molecule has 1 heterocycles. The first-order valence-electron chi connectivity index (χ1n) is 7.96. The highest BCUT2D eigenvalue weighted by Gasteiger charge is 2.12. The van der Waals surface area contributed by atoms with E-state index >= 15 is 0 Å². The van der Waals surface area contributed by atoms with Crippen LogP contribution < -0.4 is 10.7 Å². The summed E-state index contributed by atoms with van der Waals surface area (Å²) in [4.78, 5) is 17.4. The first-order valence-corrected chi connectivity index (χ1v) is 8.78. The molecule has 2 aromatic carbocycles. The molecule has 3 rings (SSSR count). The van der Waals surface area contributed by atoms with E-state index < -0.39 is 6.03 Å². The fourth-order valence-electron chi connectivity index (χ4n) is 2.33. The number of nitrogens with zero attached hydrogens (tertiary/aromatic N) is 2. The molecule has 0 saturated carbocycles. The van der Waals surface area contributed by atoms with Crippen molar-refractivity contribution in [3.8, 4) is 16.3 Å². The first kappa shape index (κ1) is 17.6. The van der Waals surface area contributed by atoms with Crippen LogP contribution in [0.15, 0.2) is 59.7 Å². The molecular formula is C19H18N4O2S. The van der Waals surface area contributed by atoms with Crippen molar-refractivity contribution in [2.45, 2.75) is 13.8 Å². The summed E-state index contributed by atoms with van der Waals surface area (Å²) in [5.74, 6) is 0.216. The van der Waals surface area contributed by atoms with Gasteiger partial charge in [0.15, 0.2) is 0 Å². The second-order valence-corrected chi connectivity index (χ2v) is 6.61. The van der Waals surface area contributed by atoms with E-state index in [0.29, 0.717) is 11.4 Å². The van der Waals surface area contributed by atoms with Crippen molar-refractivity contribution in [3.05, 3.63) is 65.2 Å². The van der Waals surface area contributed by atoms with Crippen LogP contribution in [0.3, 0.4) is 0 Å². The molecule has 0 aliphatic carbocycles. The standard InChI is InChI=1S/C19H18N4O2S/c1-12-17(26-18(20-12)14-8-10-16(24)11-9-14)13(2)22-23-19(25)21-15-6-4-3-5-7-15/h3-11,24H,1-2H3,(H2,21,23,25)/b22-13+. The zero-order chi connectivity index (χ0) is 18.5. The van der Waals surface area contributed by atoms with E-state index in [-0.39, 0.29) is 5.75 Å². The van der Waals surface area contributed by atoms with Crippen molar-refractivity contribution in [2.24, 2.45) is 5.10 Å². The molecule has 0 aliphatic heterocycles. The number of hydrazone groups is 1. The van der Waals surface area contributed by atoms with Gasteiger partial charge in [0.2, 0.25) is 0 Å². The number of phenolic OH excluding ortho intramolecular Hbond substituents is 1. The zero-order valence-corrected chi connectivity index (χ0v) is 15.2. The molecule has 0 spiro atoms. The van der Waals surface area contributed by atoms with E-state index in [1.54, 1.807) is 24.3 Å². The number of rotatable bonds is 4. The summed E-state index contributed by atoms with van der Waals surface area (Å²) in [5.41, 5.74) is 5.63. The minimum atomic E-state index is -0.406. The summed E-state index contributed by atoms with van der Waals surface area (Å²) < 4.78 is 0. The number of aromatic hydroxyl groups is 1. The smallest absolute Gasteiger partial charge is 0.339 e. The van der Waals surface area contributed by atoms with Gasteiger partial charge in [0.25, 0.3) is 0 Å².